The van der Waals surface area contributed by atoms with Crippen molar-refractivity contribution in [3.05, 3.63) is 126 Å². The third kappa shape index (κ3) is 5.94. The molecule has 4 aromatic rings. The lowest BCUT2D eigenvalue weighted by atomic mass is 10.1. The number of hydrogen-bond donors (Lipinski definition) is 1. The van der Waals surface area contributed by atoms with E-state index in [2.05, 4.69) is 5.32 Å². The Bertz CT molecular complexity index is 1230. The summed E-state index contributed by atoms with van der Waals surface area (Å²) in [6.07, 6.45) is 0. The number of amides is 1. The number of carbonyl (C=O) groups excluding carboxylic acids is 1. The van der Waals surface area contributed by atoms with Crippen LogP contribution in [0.25, 0.3) is 11.1 Å². The molecule has 0 aromatic heterocycles. The summed E-state index contributed by atoms with van der Waals surface area (Å²) in [4.78, 5) is 12.6. The largest absolute Gasteiger partial charge is 0.755 e. The van der Waals surface area contributed by atoms with Crippen LogP contribution in [0.5, 0.6) is 0 Å². The third-order valence-corrected chi connectivity index (χ3v) is 5.95. The van der Waals surface area contributed by atoms with Gasteiger partial charge in [-0.2, -0.15) is 0 Å². The number of hydrogen-bond acceptors (Lipinski definition) is 3. The van der Waals surface area contributed by atoms with Gasteiger partial charge in [-0.15, -0.1) is 0 Å². The zero-order valence-electron chi connectivity index (χ0n) is 17.9. The van der Waals surface area contributed by atoms with Gasteiger partial charge in [0, 0.05) is 29.1 Å². The van der Waals surface area contributed by atoms with Crippen molar-refractivity contribution in [2.24, 2.45) is 0 Å². The molecular formula is C27H23N2O3S-. The maximum atomic E-state index is 12.6. The van der Waals surface area contributed by atoms with Gasteiger partial charge in [0.1, 0.15) is 0 Å². The summed E-state index contributed by atoms with van der Waals surface area (Å²) < 4.78 is 25.2. The average molecular weight is 456 g/mol. The van der Waals surface area contributed by atoms with Gasteiger partial charge in [-0.3, -0.25) is 13.3 Å². The predicted molar refractivity (Wildman–Crippen MR) is 131 cm³/mol. The maximum absolute atomic E-state index is 12.6. The highest BCUT2D eigenvalue weighted by molar-refractivity contribution is 7.80. The molecule has 4 rings (SSSR count). The monoisotopic (exact) mass is 455 g/mol. The zero-order chi connectivity index (χ0) is 23.0. The van der Waals surface area contributed by atoms with Crippen molar-refractivity contribution in [1.29, 1.82) is 0 Å². The number of rotatable bonds is 8. The molecule has 33 heavy (non-hydrogen) atoms. The summed E-state index contributed by atoms with van der Waals surface area (Å²) in [6.45, 7) is 0.551. The topological polar surface area (TPSA) is 72.5 Å². The van der Waals surface area contributed by atoms with Crippen molar-refractivity contribution in [2.45, 2.75) is 13.1 Å². The Hall–Kier alpha value is -3.74. The first-order valence-corrected chi connectivity index (χ1v) is 11.6. The standard InChI is InChI=1S/C27H24N2O3S/c30-27(28-19-21-8-3-1-4-9-21)25-13-7-10-22(18-25)20-29(33(31)32)26-16-14-24(15-17-26)23-11-5-2-6-12-23/h1-18H,19-20H2,(H,28,30)(H,31,32)/p-1. The van der Waals surface area contributed by atoms with Crippen LogP contribution in [0.4, 0.5) is 5.69 Å². The van der Waals surface area contributed by atoms with E-state index in [9.17, 15) is 13.6 Å². The summed E-state index contributed by atoms with van der Waals surface area (Å²) in [5.74, 6) is -0.206. The third-order valence-electron chi connectivity index (χ3n) is 5.25. The number of carbonyl (C=O) groups is 1. The first kappa shape index (κ1) is 22.5. The smallest absolute Gasteiger partial charge is 0.251 e. The molecule has 0 saturated heterocycles. The number of anilines is 1. The second-order valence-corrected chi connectivity index (χ2v) is 8.41. The highest BCUT2D eigenvalue weighted by atomic mass is 32.2. The lowest BCUT2D eigenvalue weighted by Gasteiger charge is -2.27. The normalized spacial score (nSPS) is 11.5. The van der Waals surface area contributed by atoms with Gasteiger partial charge in [-0.25, -0.2) is 0 Å². The minimum atomic E-state index is -2.47. The second-order valence-electron chi connectivity index (χ2n) is 7.54. The molecule has 0 fully saturated rings. The molecule has 4 aromatic carbocycles. The van der Waals surface area contributed by atoms with Gasteiger partial charge >= 0.3 is 0 Å². The summed E-state index contributed by atoms with van der Waals surface area (Å²) in [5.41, 5.74) is 4.84. The van der Waals surface area contributed by atoms with Crippen LogP contribution in [-0.4, -0.2) is 14.7 Å². The Kier molecular flexibility index (Phi) is 7.29. The Morgan fingerprint density at radius 2 is 1.36 bits per heavy atom. The maximum Gasteiger partial charge on any atom is 0.251 e. The molecule has 5 nitrogen and oxygen atoms in total. The molecule has 1 amide bonds. The Labute approximate surface area is 196 Å². The molecule has 0 heterocycles. The van der Waals surface area contributed by atoms with E-state index >= 15 is 0 Å². The van der Waals surface area contributed by atoms with E-state index in [0.29, 0.717) is 17.8 Å². The first-order valence-electron chi connectivity index (χ1n) is 10.5. The van der Waals surface area contributed by atoms with E-state index in [1.165, 1.54) is 4.31 Å². The molecule has 0 saturated carbocycles. The van der Waals surface area contributed by atoms with Crippen molar-refractivity contribution >= 4 is 22.9 Å². The van der Waals surface area contributed by atoms with Gasteiger partial charge in [-0.1, -0.05) is 84.9 Å². The number of nitrogens with zero attached hydrogens (tertiary/aromatic N) is 1. The van der Waals surface area contributed by atoms with E-state index in [-0.39, 0.29) is 12.5 Å². The quantitative estimate of drug-likeness (QED) is 0.377. The predicted octanol–water partition coefficient (Wildman–Crippen LogP) is 5.08. The molecule has 166 valence electrons. The van der Waals surface area contributed by atoms with E-state index in [1.807, 2.05) is 78.9 Å². The second kappa shape index (κ2) is 10.7. The molecule has 0 aliphatic rings. The summed E-state index contributed by atoms with van der Waals surface area (Å²) in [5, 5.41) is 2.90. The van der Waals surface area contributed by atoms with E-state index < -0.39 is 11.3 Å². The van der Waals surface area contributed by atoms with Gasteiger partial charge in [0.15, 0.2) is 0 Å². The van der Waals surface area contributed by atoms with E-state index in [0.717, 1.165) is 22.3 Å². The molecule has 0 spiro atoms. The van der Waals surface area contributed by atoms with Crippen molar-refractivity contribution in [1.82, 2.24) is 5.32 Å². The number of nitrogens with one attached hydrogen (secondary N) is 1. The lowest BCUT2D eigenvalue weighted by Crippen LogP contribution is -2.25. The Balaban J connectivity index is 1.47. The van der Waals surface area contributed by atoms with Gasteiger partial charge in [0.25, 0.3) is 5.91 Å². The summed E-state index contributed by atoms with van der Waals surface area (Å²) >= 11 is -2.47. The minimum Gasteiger partial charge on any atom is -0.755 e. The average Bonchev–Trinajstić information content (AvgIpc) is 2.87. The van der Waals surface area contributed by atoms with Crippen LogP contribution in [0.15, 0.2) is 109 Å². The van der Waals surface area contributed by atoms with Crippen LogP contribution in [0.1, 0.15) is 21.5 Å². The van der Waals surface area contributed by atoms with Crippen molar-refractivity contribution in [2.75, 3.05) is 4.31 Å². The molecule has 0 radical (unpaired) electrons. The minimum absolute atomic E-state index is 0.126. The van der Waals surface area contributed by atoms with Crippen LogP contribution in [0, 0.1) is 0 Å². The lowest BCUT2D eigenvalue weighted by molar-refractivity contribution is 0.0951. The van der Waals surface area contributed by atoms with Crippen molar-refractivity contribution < 1.29 is 13.6 Å². The molecule has 1 N–H and O–H groups in total. The zero-order valence-corrected chi connectivity index (χ0v) is 18.7. The molecule has 0 aliphatic carbocycles. The molecular weight excluding hydrogens is 432 g/mol. The SMILES string of the molecule is O=C(NCc1ccccc1)c1cccc(CN(c2ccc(-c3ccccc3)cc2)S(=O)[O-])c1. The van der Waals surface area contributed by atoms with Crippen molar-refractivity contribution in [3.8, 4) is 11.1 Å². The van der Waals surface area contributed by atoms with E-state index in [1.54, 1.807) is 30.3 Å². The van der Waals surface area contributed by atoms with E-state index in [4.69, 9.17) is 0 Å². The summed E-state index contributed by atoms with van der Waals surface area (Å²) in [6, 6.07) is 33.9. The number of benzene rings is 4. The molecule has 1 atom stereocenters. The van der Waals surface area contributed by atoms with Crippen LogP contribution in [0.2, 0.25) is 0 Å². The molecule has 6 heteroatoms. The first-order chi connectivity index (χ1) is 16.1. The van der Waals surface area contributed by atoms with Crippen LogP contribution in [-0.2, 0) is 24.4 Å². The molecule has 0 bridgehead atoms. The Morgan fingerprint density at radius 3 is 2.03 bits per heavy atom. The Morgan fingerprint density at radius 1 is 0.758 bits per heavy atom. The highest BCUT2D eigenvalue weighted by Crippen LogP contribution is 2.25. The van der Waals surface area contributed by atoms with Gasteiger partial charge in [0.2, 0.25) is 0 Å². The van der Waals surface area contributed by atoms with Crippen molar-refractivity contribution in [3.63, 3.8) is 0 Å². The van der Waals surface area contributed by atoms with Crippen LogP contribution >= 0.6 is 0 Å². The molecule has 0 aliphatic heterocycles. The van der Waals surface area contributed by atoms with Gasteiger partial charge in [0.05, 0.1) is 6.54 Å². The van der Waals surface area contributed by atoms with Crippen LogP contribution in [0.3, 0.4) is 0 Å². The fourth-order valence-corrected chi connectivity index (χ4v) is 4.09. The van der Waals surface area contributed by atoms with Gasteiger partial charge < -0.3 is 9.87 Å². The van der Waals surface area contributed by atoms with Gasteiger partial charge in [-0.05, 0) is 46.5 Å². The van der Waals surface area contributed by atoms with Crippen LogP contribution < -0.4 is 9.62 Å². The molecule has 1 unspecified atom stereocenters. The highest BCUT2D eigenvalue weighted by Gasteiger charge is 2.11. The fraction of sp³-hybridized carbons (Fsp3) is 0.0741. The fourth-order valence-electron chi connectivity index (χ4n) is 3.54. The summed E-state index contributed by atoms with van der Waals surface area (Å²) in [7, 11) is 0.